The molecule has 0 amide bonds. The van der Waals surface area contributed by atoms with Crippen LogP contribution in [0.25, 0.3) is 10.2 Å². The topological polar surface area (TPSA) is 52.2 Å². The van der Waals surface area contributed by atoms with Crippen LogP contribution in [0.5, 0.6) is 0 Å². The SMILES string of the molecule is Cc1ccccc1N1CCN([C@H](C)c2nc3sc4c(c3c(=O)[nH]2)CC[C@@H](C)C4)CC1. The zero-order valence-electron chi connectivity index (χ0n) is 18.1. The fourth-order valence-electron chi connectivity index (χ4n) is 5.00. The number of rotatable bonds is 3. The number of hydrogen-bond donors (Lipinski definition) is 1. The number of aromatic amines is 1. The molecule has 3 aromatic rings. The van der Waals surface area contributed by atoms with Crippen molar-refractivity contribution in [3.63, 3.8) is 0 Å². The van der Waals surface area contributed by atoms with E-state index in [-0.39, 0.29) is 11.6 Å². The van der Waals surface area contributed by atoms with Gasteiger partial charge in [0, 0.05) is 36.7 Å². The number of thiophene rings is 1. The molecule has 0 bridgehead atoms. The van der Waals surface area contributed by atoms with Crippen molar-refractivity contribution in [1.82, 2.24) is 14.9 Å². The highest BCUT2D eigenvalue weighted by atomic mass is 32.1. The lowest BCUT2D eigenvalue weighted by Crippen LogP contribution is -2.47. The van der Waals surface area contributed by atoms with Gasteiger partial charge in [-0.15, -0.1) is 11.3 Å². The molecule has 0 spiro atoms. The number of para-hydroxylation sites is 1. The highest BCUT2D eigenvalue weighted by molar-refractivity contribution is 7.18. The molecule has 0 saturated carbocycles. The second-order valence-corrected chi connectivity index (χ2v) is 10.1. The summed E-state index contributed by atoms with van der Waals surface area (Å²) < 4.78 is 0. The van der Waals surface area contributed by atoms with Crippen molar-refractivity contribution in [1.29, 1.82) is 0 Å². The minimum absolute atomic E-state index is 0.0486. The summed E-state index contributed by atoms with van der Waals surface area (Å²) in [5.41, 5.74) is 3.96. The van der Waals surface area contributed by atoms with Gasteiger partial charge in [0.25, 0.3) is 5.56 Å². The molecule has 3 heterocycles. The first-order chi connectivity index (χ1) is 14.5. The quantitative estimate of drug-likeness (QED) is 0.684. The first kappa shape index (κ1) is 19.8. The molecule has 0 radical (unpaired) electrons. The van der Waals surface area contributed by atoms with Crippen molar-refractivity contribution >= 4 is 27.2 Å². The summed E-state index contributed by atoms with van der Waals surface area (Å²) >= 11 is 1.74. The Morgan fingerprint density at radius 1 is 1.20 bits per heavy atom. The van der Waals surface area contributed by atoms with Crippen LogP contribution < -0.4 is 10.5 Å². The predicted molar refractivity (Wildman–Crippen MR) is 125 cm³/mol. The average Bonchev–Trinajstić information content (AvgIpc) is 3.11. The maximum atomic E-state index is 13.0. The van der Waals surface area contributed by atoms with Gasteiger partial charge in [0.15, 0.2) is 0 Å². The minimum atomic E-state index is 0.0486. The summed E-state index contributed by atoms with van der Waals surface area (Å²) in [5, 5.41) is 0.849. The van der Waals surface area contributed by atoms with E-state index >= 15 is 0 Å². The lowest BCUT2D eigenvalue weighted by molar-refractivity contribution is 0.191. The van der Waals surface area contributed by atoms with E-state index in [4.69, 9.17) is 4.98 Å². The van der Waals surface area contributed by atoms with Crippen molar-refractivity contribution in [3.05, 3.63) is 56.4 Å². The zero-order valence-corrected chi connectivity index (χ0v) is 18.9. The van der Waals surface area contributed by atoms with Crippen LogP contribution in [0, 0.1) is 12.8 Å². The number of piperazine rings is 1. The van der Waals surface area contributed by atoms with Crippen LogP contribution in [0.2, 0.25) is 0 Å². The fraction of sp³-hybridized carbons (Fsp3) is 0.500. The van der Waals surface area contributed by atoms with Crippen LogP contribution in [0.15, 0.2) is 29.1 Å². The first-order valence-electron chi connectivity index (χ1n) is 11.1. The van der Waals surface area contributed by atoms with Gasteiger partial charge >= 0.3 is 0 Å². The number of nitrogens with one attached hydrogen (secondary N) is 1. The van der Waals surface area contributed by atoms with E-state index < -0.39 is 0 Å². The van der Waals surface area contributed by atoms with Crippen molar-refractivity contribution in [2.75, 3.05) is 31.1 Å². The molecule has 2 atom stereocenters. The van der Waals surface area contributed by atoms with Crippen molar-refractivity contribution in [2.45, 2.75) is 46.1 Å². The van der Waals surface area contributed by atoms with Gasteiger partial charge < -0.3 is 9.88 Å². The third kappa shape index (κ3) is 3.46. The van der Waals surface area contributed by atoms with Crippen LogP contribution in [0.4, 0.5) is 5.69 Å². The Kier molecular flexibility index (Phi) is 5.15. The number of fused-ring (bicyclic) bond motifs is 3. The standard InChI is InChI=1S/C24H30N4OS/c1-15-8-9-18-20(14-15)30-24-21(18)23(29)25-22(26-24)17(3)27-10-12-28(13-11-27)19-7-5-4-6-16(19)2/h4-7,15,17H,8-14H2,1-3H3,(H,25,26,29)/t15-,17-/m1/s1. The summed E-state index contributed by atoms with van der Waals surface area (Å²) in [6.45, 7) is 10.6. The summed E-state index contributed by atoms with van der Waals surface area (Å²) in [4.78, 5) is 28.2. The summed E-state index contributed by atoms with van der Waals surface area (Å²) in [5.74, 6) is 1.51. The Bertz CT molecular complexity index is 1130. The molecule has 158 valence electrons. The van der Waals surface area contributed by atoms with Gasteiger partial charge in [-0.2, -0.15) is 0 Å². The van der Waals surface area contributed by atoms with Crippen molar-refractivity contribution in [3.8, 4) is 0 Å². The maximum absolute atomic E-state index is 13.0. The number of H-pyrrole nitrogens is 1. The summed E-state index contributed by atoms with van der Waals surface area (Å²) in [7, 11) is 0. The number of hydrogen-bond acceptors (Lipinski definition) is 5. The number of benzene rings is 1. The molecule has 5 rings (SSSR count). The Morgan fingerprint density at radius 3 is 2.73 bits per heavy atom. The van der Waals surface area contributed by atoms with Gasteiger partial charge in [0.05, 0.1) is 11.4 Å². The number of aromatic nitrogens is 2. The lowest BCUT2D eigenvalue weighted by Gasteiger charge is -2.39. The monoisotopic (exact) mass is 422 g/mol. The summed E-state index contributed by atoms with van der Waals surface area (Å²) in [6, 6.07) is 8.70. The third-order valence-electron chi connectivity index (χ3n) is 6.90. The molecule has 6 heteroatoms. The molecule has 5 nitrogen and oxygen atoms in total. The van der Waals surface area contributed by atoms with Crippen LogP contribution in [0.1, 0.15) is 48.1 Å². The van der Waals surface area contributed by atoms with Crippen LogP contribution in [-0.4, -0.2) is 41.0 Å². The molecule has 1 N–H and O–H groups in total. The Balaban J connectivity index is 1.36. The molecule has 30 heavy (non-hydrogen) atoms. The molecule has 1 aliphatic carbocycles. The number of aryl methyl sites for hydroxylation is 2. The van der Waals surface area contributed by atoms with Crippen LogP contribution in [0.3, 0.4) is 0 Å². The van der Waals surface area contributed by atoms with E-state index in [1.165, 1.54) is 28.1 Å². The van der Waals surface area contributed by atoms with Gasteiger partial charge in [-0.3, -0.25) is 9.69 Å². The number of nitrogens with zero attached hydrogens (tertiary/aromatic N) is 3. The second kappa shape index (κ2) is 7.82. The van der Waals surface area contributed by atoms with E-state index in [0.717, 1.165) is 55.1 Å². The predicted octanol–water partition coefficient (Wildman–Crippen LogP) is 4.30. The average molecular weight is 423 g/mol. The molecular formula is C24H30N4OS. The van der Waals surface area contributed by atoms with Gasteiger partial charge in [0.1, 0.15) is 10.7 Å². The van der Waals surface area contributed by atoms with Crippen molar-refractivity contribution < 1.29 is 0 Å². The van der Waals surface area contributed by atoms with Crippen molar-refractivity contribution in [2.24, 2.45) is 5.92 Å². The van der Waals surface area contributed by atoms with Gasteiger partial charge in [-0.1, -0.05) is 25.1 Å². The molecule has 2 aromatic heterocycles. The Labute approximate surface area is 181 Å². The fourth-order valence-corrected chi connectivity index (χ4v) is 6.40. The van der Waals surface area contributed by atoms with E-state index in [1.807, 2.05) is 0 Å². The van der Waals surface area contributed by atoms with E-state index in [9.17, 15) is 4.79 Å². The van der Waals surface area contributed by atoms with E-state index in [2.05, 4.69) is 59.8 Å². The smallest absolute Gasteiger partial charge is 0.259 e. The zero-order chi connectivity index (χ0) is 20.8. The molecule has 1 aromatic carbocycles. The van der Waals surface area contributed by atoms with Crippen LogP contribution in [-0.2, 0) is 12.8 Å². The molecular weight excluding hydrogens is 392 g/mol. The molecule has 0 unspecified atom stereocenters. The lowest BCUT2D eigenvalue weighted by atomic mass is 9.89. The Morgan fingerprint density at radius 2 is 1.97 bits per heavy atom. The first-order valence-corrected chi connectivity index (χ1v) is 11.9. The third-order valence-corrected chi connectivity index (χ3v) is 8.05. The number of anilines is 1. The second-order valence-electron chi connectivity index (χ2n) is 8.97. The normalized spacial score (nSPS) is 21.0. The molecule has 2 aliphatic rings. The van der Waals surface area contributed by atoms with Gasteiger partial charge in [0.2, 0.25) is 0 Å². The highest BCUT2D eigenvalue weighted by Crippen LogP contribution is 2.36. The molecule has 1 fully saturated rings. The minimum Gasteiger partial charge on any atom is -0.369 e. The molecule has 1 aliphatic heterocycles. The summed E-state index contributed by atoms with van der Waals surface area (Å²) in [6.07, 6.45) is 3.26. The van der Waals surface area contributed by atoms with Crippen LogP contribution >= 0.6 is 11.3 Å². The highest BCUT2D eigenvalue weighted by Gasteiger charge is 2.27. The van der Waals surface area contributed by atoms with E-state index in [1.54, 1.807) is 11.3 Å². The molecule has 1 saturated heterocycles. The van der Waals surface area contributed by atoms with E-state index in [0.29, 0.717) is 5.92 Å². The largest absolute Gasteiger partial charge is 0.369 e. The maximum Gasteiger partial charge on any atom is 0.259 e. The Hall–Kier alpha value is -2.18. The van der Waals surface area contributed by atoms with Gasteiger partial charge in [-0.05, 0) is 56.2 Å². The van der Waals surface area contributed by atoms with Gasteiger partial charge in [-0.25, -0.2) is 4.98 Å².